The van der Waals surface area contributed by atoms with Crippen molar-refractivity contribution in [3.05, 3.63) is 34.9 Å². The summed E-state index contributed by atoms with van der Waals surface area (Å²) in [6.07, 6.45) is -0.691. The van der Waals surface area contributed by atoms with Crippen LogP contribution in [0.2, 0.25) is 0 Å². The third kappa shape index (κ3) is 2.99. The molecule has 5 nitrogen and oxygen atoms in total. The lowest BCUT2D eigenvalue weighted by Gasteiger charge is -2.31. The van der Waals surface area contributed by atoms with Gasteiger partial charge in [0.1, 0.15) is 0 Å². The first kappa shape index (κ1) is 14.5. The van der Waals surface area contributed by atoms with E-state index in [0.29, 0.717) is 18.7 Å². The molecule has 5 heteroatoms. The highest BCUT2D eigenvalue weighted by molar-refractivity contribution is 5.96. The molecular formula is C15H19NO4. The van der Waals surface area contributed by atoms with Crippen LogP contribution in [0.15, 0.2) is 18.2 Å². The van der Waals surface area contributed by atoms with E-state index in [0.717, 1.165) is 11.1 Å². The number of rotatable bonds is 2. The fraction of sp³-hybridized carbons (Fsp3) is 0.467. The highest BCUT2D eigenvalue weighted by Crippen LogP contribution is 2.16. The molecular weight excluding hydrogens is 258 g/mol. The molecule has 1 unspecified atom stereocenters. The first-order chi connectivity index (χ1) is 9.52. The maximum absolute atomic E-state index is 12.5. The minimum Gasteiger partial charge on any atom is -0.467 e. The number of methoxy groups -OCH3 is 1. The van der Waals surface area contributed by atoms with Crippen LogP contribution in [-0.2, 0) is 14.3 Å². The summed E-state index contributed by atoms with van der Waals surface area (Å²) in [6.45, 7) is 4.97. The van der Waals surface area contributed by atoms with Crippen LogP contribution in [0, 0.1) is 13.8 Å². The van der Waals surface area contributed by atoms with Crippen molar-refractivity contribution in [3.63, 3.8) is 0 Å². The Morgan fingerprint density at radius 3 is 2.75 bits per heavy atom. The number of aryl methyl sites for hydroxylation is 2. The van der Waals surface area contributed by atoms with Crippen molar-refractivity contribution < 1.29 is 19.1 Å². The van der Waals surface area contributed by atoms with E-state index in [4.69, 9.17) is 4.74 Å². The summed E-state index contributed by atoms with van der Waals surface area (Å²) in [6, 6.07) is 5.72. The Hall–Kier alpha value is -1.88. The van der Waals surface area contributed by atoms with E-state index in [9.17, 15) is 9.59 Å². The van der Waals surface area contributed by atoms with Crippen molar-refractivity contribution in [2.75, 3.05) is 26.8 Å². The average Bonchev–Trinajstić information content (AvgIpc) is 2.46. The normalized spacial score (nSPS) is 18.8. The molecule has 0 radical (unpaired) electrons. The van der Waals surface area contributed by atoms with Crippen molar-refractivity contribution in [2.45, 2.75) is 20.0 Å². The van der Waals surface area contributed by atoms with Gasteiger partial charge in [0.25, 0.3) is 5.91 Å². The number of nitrogens with zero attached hydrogens (tertiary/aromatic N) is 1. The number of esters is 1. The van der Waals surface area contributed by atoms with Crippen molar-refractivity contribution in [3.8, 4) is 0 Å². The zero-order valence-electron chi connectivity index (χ0n) is 12.0. The third-order valence-corrected chi connectivity index (χ3v) is 3.43. The molecule has 0 aromatic heterocycles. The molecule has 1 aliphatic rings. The first-order valence-corrected chi connectivity index (χ1v) is 6.59. The maximum atomic E-state index is 12.5. The minimum atomic E-state index is -0.691. The standard InChI is InChI=1S/C15H19NO4/c1-10-4-5-12(11(2)8-10)14(17)16-6-7-20-13(9-16)15(18)19-3/h4-5,8,13H,6-7,9H2,1-3H3. The largest absolute Gasteiger partial charge is 0.467 e. The number of amides is 1. The maximum Gasteiger partial charge on any atom is 0.336 e. The topological polar surface area (TPSA) is 55.8 Å². The van der Waals surface area contributed by atoms with E-state index in [1.807, 2.05) is 32.0 Å². The van der Waals surface area contributed by atoms with Crippen molar-refractivity contribution >= 4 is 11.9 Å². The van der Waals surface area contributed by atoms with Gasteiger partial charge < -0.3 is 14.4 Å². The second-order valence-electron chi connectivity index (χ2n) is 4.95. The fourth-order valence-corrected chi connectivity index (χ4v) is 2.33. The van der Waals surface area contributed by atoms with Crippen molar-refractivity contribution in [1.29, 1.82) is 0 Å². The predicted molar refractivity (Wildman–Crippen MR) is 73.6 cm³/mol. The van der Waals surface area contributed by atoms with Crippen molar-refractivity contribution in [2.24, 2.45) is 0 Å². The molecule has 1 aromatic rings. The Morgan fingerprint density at radius 1 is 1.35 bits per heavy atom. The van der Waals surface area contributed by atoms with Gasteiger partial charge in [-0.2, -0.15) is 0 Å². The van der Waals surface area contributed by atoms with E-state index in [1.54, 1.807) is 4.90 Å². The summed E-state index contributed by atoms with van der Waals surface area (Å²) in [5.74, 6) is -0.511. The molecule has 1 atom stereocenters. The zero-order valence-corrected chi connectivity index (χ0v) is 12.0. The summed E-state index contributed by atoms with van der Waals surface area (Å²) < 4.78 is 9.99. The molecule has 20 heavy (non-hydrogen) atoms. The molecule has 2 rings (SSSR count). The number of hydrogen-bond acceptors (Lipinski definition) is 4. The smallest absolute Gasteiger partial charge is 0.336 e. The number of hydrogen-bond donors (Lipinski definition) is 0. The molecule has 0 bridgehead atoms. The number of benzene rings is 1. The van der Waals surface area contributed by atoms with Gasteiger partial charge in [-0.25, -0.2) is 4.79 Å². The zero-order chi connectivity index (χ0) is 14.7. The molecule has 0 N–H and O–H groups in total. The molecule has 1 saturated heterocycles. The first-order valence-electron chi connectivity index (χ1n) is 6.59. The van der Waals surface area contributed by atoms with E-state index in [2.05, 4.69) is 4.74 Å². The Balaban J connectivity index is 2.14. The monoisotopic (exact) mass is 277 g/mol. The quantitative estimate of drug-likeness (QED) is 0.765. The second-order valence-corrected chi connectivity index (χ2v) is 4.95. The Morgan fingerprint density at radius 2 is 2.10 bits per heavy atom. The minimum absolute atomic E-state index is 0.0697. The molecule has 1 fully saturated rings. The van der Waals surface area contributed by atoms with Crippen LogP contribution in [0.1, 0.15) is 21.5 Å². The summed E-state index contributed by atoms with van der Waals surface area (Å²) in [5.41, 5.74) is 2.73. The van der Waals surface area contributed by atoms with Gasteiger partial charge in [0.15, 0.2) is 6.10 Å². The lowest BCUT2D eigenvalue weighted by atomic mass is 10.0. The van der Waals surface area contributed by atoms with Crippen LogP contribution >= 0.6 is 0 Å². The van der Waals surface area contributed by atoms with Gasteiger partial charge >= 0.3 is 5.97 Å². The third-order valence-electron chi connectivity index (χ3n) is 3.43. The van der Waals surface area contributed by atoms with Gasteiger partial charge in [-0.1, -0.05) is 17.7 Å². The van der Waals surface area contributed by atoms with Crippen LogP contribution in [-0.4, -0.2) is 49.7 Å². The molecule has 0 spiro atoms. The van der Waals surface area contributed by atoms with Gasteiger partial charge in [-0.3, -0.25) is 4.79 Å². The molecule has 1 amide bonds. The van der Waals surface area contributed by atoms with E-state index >= 15 is 0 Å². The molecule has 1 aliphatic heterocycles. The Labute approximate surface area is 118 Å². The highest BCUT2D eigenvalue weighted by Gasteiger charge is 2.30. The Kier molecular flexibility index (Phi) is 4.39. The highest BCUT2D eigenvalue weighted by atomic mass is 16.6. The van der Waals surface area contributed by atoms with E-state index < -0.39 is 12.1 Å². The van der Waals surface area contributed by atoms with Crippen LogP contribution < -0.4 is 0 Å². The molecule has 1 heterocycles. The van der Waals surface area contributed by atoms with Gasteiger partial charge in [-0.15, -0.1) is 0 Å². The summed E-state index contributed by atoms with van der Waals surface area (Å²) in [7, 11) is 1.32. The lowest BCUT2D eigenvalue weighted by molar-refractivity contribution is -0.158. The number of carbonyl (C=O) groups is 2. The predicted octanol–water partition coefficient (Wildman–Crippen LogP) is 1.32. The number of morpholine rings is 1. The van der Waals surface area contributed by atoms with Crippen LogP contribution in [0.5, 0.6) is 0 Å². The van der Waals surface area contributed by atoms with Gasteiger partial charge in [-0.05, 0) is 25.5 Å². The van der Waals surface area contributed by atoms with Crippen molar-refractivity contribution in [1.82, 2.24) is 4.90 Å². The molecule has 108 valence electrons. The lowest BCUT2D eigenvalue weighted by Crippen LogP contribution is -2.49. The second kappa shape index (κ2) is 6.05. The summed E-state index contributed by atoms with van der Waals surface area (Å²) in [5, 5.41) is 0. The Bertz CT molecular complexity index is 527. The van der Waals surface area contributed by atoms with E-state index in [1.165, 1.54) is 7.11 Å². The SMILES string of the molecule is COC(=O)C1CN(C(=O)c2ccc(C)cc2C)CCO1. The molecule has 0 saturated carbocycles. The number of ether oxygens (including phenoxy) is 2. The van der Waals surface area contributed by atoms with Crippen LogP contribution in [0.3, 0.4) is 0 Å². The number of carbonyl (C=O) groups excluding carboxylic acids is 2. The van der Waals surface area contributed by atoms with Crippen LogP contribution in [0.25, 0.3) is 0 Å². The molecule has 0 aliphatic carbocycles. The summed E-state index contributed by atoms with van der Waals surface area (Å²) in [4.78, 5) is 25.6. The van der Waals surface area contributed by atoms with Gasteiger partial charge in [0.05, 0.1) is 20.3 Å². The van der Waals surface area contributed by atoms with E-state index in [-0.39, 0.29) is 12.5 Å². The molecule has 1 aromatic carbocycles. The van der Waals surface area contributed by atoms with Gasteiger partial charge in [0.2, 0.25) is 0 Å². The van der Waals surface area contributed by atoms with Gasteiger partial charge in [0, 0.05) is 12.1 Å². The fourth-order valence-electron chi connectivity index (χ4n) is 2.33. The summed E-state index contributed by atoms with van der Waals surface area (Å²) >= 11 is 0. The average molecular weight is 277 g/mol. The van der Waals surface area contributed by atoms with Crippen LogP contribution in [0.4, 0.5) is 0 Å².